The topological polar surface area (TPSA) is 33.6 Å². The quantitative estimate of drug-likeness (QED) is 0.920. The highest BCUT2D eigenvalue weighted by Gasteiger charge is 2.30. The van der Waals surface area contributed by atoms with Crippen LogP contribution in [-0.2, 0) is 5.75 Å². The molecule has 0 amide bonds. The van der Waals surface area contributed by atoms with Crippen molar-refractivity contribution in [2.75, 3.05) is 7.11 Å². The number of amidine groups is 1. The number of hydrogen-bond donors (Lipinski definition) is 1. The summed E-state index contributed by atoms with van der Waals surface area (Å²) in [4.78, 5) is 4.81. The van der Waals surface area contributed by atoms with Gasteiger partial charge in [0.1, 0.15) is 5.75 Å². The molecule has 1 heterocycles. The van der Waals surface area contributed by atoms with Gasteiger partial charge in [-0.2, -0.15) is 0 Å². The maximum Gasteiger partial charge on any atom is 0.157 e. The van der Waals surface area contributed by atoms with Gasteiger partial charge in [-0.3, -0.25) is 4.99 Å². The summed E-state index contributed by atoms with van der Waals surface area (Å²) in [5.41, 5.74) is 1.23. The first-order valence-electron chi connectivity index (χ1n) is 6.96. The fourth-order valence-corrected chi connectivity index (χ4v) is 3.80. The van der Waals surface area contributed by atoms with Crippen molar-refractivity contribution in [1.82, 2.24) is 5.32 Å². The third-order valence-corrected chi connectivity index (χ3v) is 4.83. The van der Waals surface area contributed by atoms with Crippen LogP contribution in [0, 0.1) is 0 Å². The van der Waals surface area contributed by atoms with E-state index in [1.165, 1.54) is 31.2 Å². The van der Waals surface area contributed by atoms with Gasteiger partial charge in [-0.15, -0.1) is 0 Å². The van der Waals surface area contributed by atoms with Crippen molar-refractivity contribution < 1.29 is 4.74 Å². The Bertz CT molecular complexity index is 475. The van der Waals surface area contributed by atoms with Gasteiger partial charge in [-0.25, -0.2) is 0 Å². The molecule has 0 aromatic heterocycles. The number of thioether (sulfide) groups is 1. The third-order valence-electron chi connectivity index (χ3n) is 3.88. The Morgan fingerprint density at radius 1 is 1.32 bits per heavy atom. The molecule has 0 bridgehead atoms. The molecule has 1 aliphatic heterocycles. The first-order valence-corrected chi connectivity index (χ1v) is 7.94. The number of para-hydroxylation sites is 1. The molecule has 1 fully saturated rings. The molecule has 2 aliphatic rings. The highest BCUT2D eigenvalue weighted by atomic mass is 32.2. The highest BCUT2D eigenvalue weighted by molar-refractivity contribution is 8.13. The fraction of sp³-hybridized carbons (Fsp3) is 0.533. The number of nitrogens with zero attached hydrogens (tertiary/aromatic N) is 1. The van der Waals surface area contributed by atoms with Crippen LogP contribution >= 0.6 is 11.8 Å². The molecule has 1 N–H and O–H groups in total. The fourth-order valence-electron chi connectivity index (χ4n) is 2.83. The number of nitrogens with one attached hydrogen (secondary N) is 1. The molecule has 0 radical (unpaired) electrons. The molecule has 102 valence electrons. The van der Waals surface area contributed by atoms with Crippen LogP contribution in [-0.4, -0.2) is 24.4 Å². The molecular weight excluding hydrogens is 256 g/mol. The minimum atomic E-state index is 0.522. The van der Waals surface area contributed by atoms with E-state index in [-0.39, 0.29) is 0 Å². The number of fused-ring (bicyclic) bond motifs is 1. The van der Waals surface area contributed by atoms with Crippen LogP contribution in [0.1, 0.15) is 31.2 Å². The van der Waals surface area contributed by atoms with Gasteiger partial charge in [0.25, 0.3) is 0 Å². The average molecular weight is 276 g/mol. The van der Waals surface area contributed by atoms with Crippen molar-refractivity contribution in [3.63, 3.8) is 0 Å². The first-order chi connectivity index (χ1) is 9.36. The molecule has 3 rings (SSSR count). The maximum atomic E-state index is 5.38. The Labute approximate surface area is 118 Å². The predicted molar refractivity (Wildman–Crippen MR) is 80.9 cm³/mol. The largest absolute Gasteiger partial charge is 0.496 e. The van der Waals surface area contributed by atoms with Gasteiger partial charge in [0.15, 0.2) is 5.17 Å². The van der Waals surface area contributed by atoms with Crippen LogP contribution in [0.4, 0.5) is 0 Å². The molecule has 3 nitrogen and oxygen atoms in total. The van der Waals surface area contributed by atoms with E-state index >= 15 is 0 Å². The van der Waals surface area contributed by atoms with Crippen LogP contribution in [0.2, 0.25) is 0 Å². The summed E-state index contributed by atoms with van der Waals surface area (Å²) in [6, 6.07) is 9.31. The van der Waals surface area contributed by atoms with E-state index in [0.29, 0.717) is 12.1 Å². The van der Waals surface area contributed by atoms with E-state index in [0.717, 1.165) is 16.7 Å². The molecule has 2 atom stereocenters. The molecule has 0 saturated heterocycles. The van der Waals surface area contributed by atoms with Crippen molar-refractivity contribution in [1.29, 1.82) is 0 Å². The lowest BCUT2D eigenvalue weighted by Gasteiger charge is -2.23. The van der Waals surface area contributed by atoms with Crippen molar-refractivity contribution in [3.05, 3.63) is 29.8 Å². The monoisotopic (exact) mass is 276 g/mol. The molecule has 0 unspecified atom stereocenters. The Balaban J connectivity index is 1.61. The van der Waals surface area contributed by atoms with Crippen LogP contribution in [0.5, 0.6) is 5.75 Å². The second-order valence-corrected chi connectivity index (χ2v) is 6.10. The third kappa shape index (κ3) is 2.89. The Morgan fingerprint density at radius 2 is 2.16 bits per heavy atom. The van der Waals surface area contributed by atoms with Crippen LogP contribution in [0.25, 0.3) is 0 Å². The molecule has 1 aromatic carbocycles. The minimum absolute atomic E-state index is 0.522. The molecule has 1 aliphatic carbocycles. The van der Waals surface area contributed by atoms with Gasteiger partial charge < -0.3 is 10.1 Å². The zero-order valence-corrected chi connectivity index (χ0v) is 12.1. The standard InChI is InChI=1S/C15H20N2OS/c1-18-14-9-5-2-6-11(14)10-19-15-16-12-7-3-4-8-13(12)17-15/h2,5-6,9,12-13H,3-4,7-8,10H2,1H3,(H,16,17)/t12-,13-/m1/s1. The van der Waals surface area contributed by atoms with E-state index in [1.807, 2.05) is 12.1 Å². The normalized spacial score (nSPS) is 25.4. The Kier molecular flexibility index (Phi) is 3.97. The number of hydrogen-bond acceptors (Lipinski definition) is 4. The average Bonchev–Trinajstić information content (AvgIpc) is 2.88. The van der Waals surface area contributed by atoms with E-state index in [2.05, 4.69) is 17.4 Å². The number of benzene rings is 1. The Hall–Kier alpha value is -1.16. The van der Waals surface area contributed by atoms with Crippen LogP contribution in [0.15, 0.2) is 29.3 Å². The summed E-state index contributed by atoms with van der Waals surface area (Å²) < 4.78 is 5.38. The second kappa shape index (κ2) is 5.87. The summed E-state index contributed by atoms with van der Waals surface area (Å²) >= 11 is 1.79. The lowest BCUT2D eigenvalue weighted by Crippen LogP contribution is -2.36. The lowest BCUT2D eigenvalue weighted by molar-refractivity contribution is 0.385. The Morgan fingerprint density at radius 3 is 3.00 bits per heavy atom. The maximum absolute atomic E-state index is 5.38. The van der Waals surface area contributed by atoms with Crippen molar-refractivity contribution in [2.24, 2.45) is 4.99 Å². The van der Waals surface area contributed by atoms with Crippen molar-refractivity contribution in [3.8, 4) is 5.75 Å². The molecule has 19 heavy (non-hydrogen) atoms. The van der Waals surface area contributed by atoms with Crippen molar-refractivity contribution >= 4 is 16.9 Å². The van der Waals surface area contributed by atoms with Gasteiger partial charge in [0.05, 0.1) is 19.2 Å². The number of methoxy groups -OCH3 is 1. The smallest absolute Gasteiger partial charge is 0.157 e. The molecule has 0 spiro atoms. The van der Waals surface area contributed by atoms with Gasteiger partial charge in [0, 0.05) is 11.3 Å². The van der Waals surface area contributed by atoms with Gasteiger partial charge in [-0.05, 0) is 18.9 Å². The van der Waals surface area contributed by atoms with Gasteiger partial charge in [-0.1, -0.05) is 42.8 Å². The lowest BCUT2D eigenvalue weighted by atomic mass is 9.92. The van der Waals surface area contributed by atoms with Crippen LogP contribution in [0.3, 0.4) is 0 Å². The summed E-state index contributed by atoms with van der Waals surface area (Å²) in [5.74, 6) is 1.88. The zero-order chi connectivity index (χ0) is 13.1. The van der Waals surface area contributed by atoms with E-state index in [1.54, 1.807) is 18.9 Å². The highest BCUT2D eigenvalue weighted by Crippen LogP contribution is 2.29. The number of aliphatic imine (C=N–C) groups is 1. The second-order valence-electron chi connectivity index (χ2n) is 5.14. The minimum Gasteiger partial charge on any atom is -0.496 e. The molecular formula is C15H20N2OS. The SMILES string of the molecule is COc1ccccc1CSC1=N[C@@H]2CCCC[C@H]2N1. The summed E-state index contributed by atoms with van der Waals surface area (Å²) in [7, 11) is 1.73. The number of ether oxygens (including phenoxy) is 1. The predicted octanol–water partition coefficient (Wildman–Crippen LogP) is 3.20. The summed E-state index contributed by atoms with van der Waals surface area (Å²) in [5, 5.41) is 4.69. The molecule has 1 aromatic rings. The number of rotatable bonds is 3. The van der Waals surface area contributed by atoms with E-state index < -0.39 is 0 Å². The zero-order valence-electron chi connectivity index (χ0n) is 11.3. The molecule has 1 saturated carbocycles. The van der Waals surface area contributed by atoms with Crippen LogP contribution < -0.4 is 10.1 Å². The molecule has 4 heteroatoms. The first kappa shape index (κ1) is 12.9. The summed E-state index contributed by atoms with van der Waals surface area (Å²) in [6.07, 6.45) is 5.19. The summed E-state index contributed by atoms with van der Waals surface area (Å²) in [6.45, 7) is 0. The van der Waals surface area contributed by atoms with E-state index in [9.17, 15) is 0 Å². The van der Waals surface area contributed by atoms with Crippen molar-refractivity contribution in [2.45, 2.75) is 43.5 Å². The van der Waals surface area contributed by atoms with Gasteiger partial charge >= 0.3 is 0 Å². The van der Waals surface area contributed by atoms with E-state index in [4.69, 9.17) is 9.73 Å². The van der Waals surface area contributed by atoms with Gasteiger partial charge in [0.2, 0.25) is 0 Å².